The summed E-state index contributed by atoms with van der Waals surface area (Å²) in [5, 5.41) is 0.770. The second-order valence-electron chi connectivity index (χ2n) is 7.78. The van der Waals surface area contributed by atoms with Crippen molar-refractivity contribution in [2.45, 2.75) is 25.7 Å². The van der Waals surface area contributed by atoms with E-state index in [1.54, 1.807) is 7.11 Å². The Kier molecular flexibility index (Phi) is 6.88. The Morgan fingerprint density at radius 3 is 2.52 bits per heavy atom. The van der Waals surface area contributed by atoms with Crippen LogP contribution < -0.4 is 14.2 Å². The van der Waals surface area contributed by atoms with Gasteiger partial charge in [-0.25, -0.2) is 0 Å². The lowest BCUT2D eigenvalue weighted by Crippen LogP contribution is -2.35. The molecule has 1 saturated heterocycles. The first-order chi connectivity index (χ1) is 14.1. The van der Waals surface area contributed by atoms with Gasteiger partial charge in [-0.15, -0.1) is 0 Å². The number of ether oxygens (including phenoxy) is 3. The van der Waals surface area contributed by atoms with Crippen LogP contribution in [0.1, 0.15) is 24.0 Å². The van der Waals surface area contributed by atoms with Crippen molar-refractivity contribution in [2.75, 3.05) is 40.0 Å². The van der Waals surface area contributed by atoms with Crippen LogP contribution in [-0.4, -0.2) is 44.9 Å². The Morgan fingerprint density at radius 2 is 1.79 bits per heavy atom. The minimum atomic E-state index is 0.587. The highest BCUT2D eigenvalue weighted by Crippen LogP contribution is 2.36. The molecule has 0 unspecified atom stereocenters. The molecule has 156 valence electrons. The van der Waals surface area contributed by atoms with Crippen molar-refractivity contribution in [1.82, 2.24) is 4.90 Å². The Labute approximate surface area is 186 Å². The van der Waals surface area contributed by atoms with Gasteiger partial charge in [0, 0.05) is 22.1 Å². The van der Waals surface area contributed by atoms with Gasteiger partial charge >= 0.3 is 0 Å². The topological polar surface area (TPSA) is 30.9 Å². The zero-order chi connectivity index (χ0) is 20.2. The molecular formula is C23H27BrClNO3. The van der Waals surface area contributed by atoms with E-state index in [1.807, 2.05) is 18.2 Å². The van der Waals surface area contributed by atoms with Crippen LogP contribution in [0.3, 0.4) is 0 Å². The first-order valence-electron chi connectivity index (χ1n) is 10.2. The van der Waals surface area contributed by atoms with Crippen molar-refractivity contribution in [1.29, 1.82) is 0 Å². The number of nitrogens with zero attached hydrogens (tertiary/aromatic N) is 1. The Hall–Kier alpha value is -1.43. The number of hydrogen-bond donors (Lipinski definition) is 0. The van der Waals surface area contributed by atoms with E-state index in [0.29, 0.717) is 19.1 Å². The quantitative estimate of drug-likeness (QED) is 0.555. The fourth-order valence-electron chi connectivity index (χ4n) is 4.14. The summed E-state index contributed by atoms with van der Waals surface area (Å²) >= 11 is 10.1. The molecule has 0 bridgehead atoms. The molecule has 0 atom stereocenters. The van der Waals surface area contributed by atoms with E-state index in [2.05, 4.69) is 33.0 Å². The van der Waals surface area contributed by atoms with Crippen LogP contribution >= 0.6 is 27.5 Å². The molecule has 2 aliphatic heterocycles. The molecule has 4 nitrogen and oxygen atoms in total. The predicted molar refractivity (Wildman–Crippen MR) is 120 cm³/mol. The normalized spacial score (nSPS) is 17.3. The van der Waals surface area contributed by atoms with E-state index in [1.165, 1.54) is 22.9 Å². The molecular weight excluding hydrogens is 454 g/mol. The first-order valence-corrected chi connectivity index (χ1v) is 11.4. The molecule has 6 heteroatoms. The average molecular weight is 481 g/mol. The lowest BCUT2D eigenvalue weighted by molar-refractivity contribution is 0.171. The Morgan fingerprint density at radius 1 is 1.07 bits per heavy atom. The maximum atomic E-state index is 6.46. The lowest BCUT2D eigenvalue weighted by Gasteiger charge is -2.32. The molecule has 1 fully saturated rings. The fraction of sp³-hybridized carbons (Fsp3) is 0.478. The van der Waals surface area contributed by atoms with Crippen LogP contribution in [0.5, 0.6) is 17.2 Å². The smallest absolute Gasteiger partial charge is 0.162 e. The number of methoxy groups -OCH3 is 1. The first kappa shape index (κ1) is 20.8. The van der Waals surface area contributed by atoms with Gasteiger partial charge in [0.05, 0.1) is 7.11 Å². The third kappa shape index (κ3) is 5.19. The molecule has 0 N–H and O–H groups in total. The van der Waals surface area contributed by atoms with Crippen molar-refractivity contribution >= 4 is 27.5 Å². The number of likely N-dealkylation sites (tertiary alicyclic amines) is 1. The van der Waals surface area contributed by atoms with E-state index in [0.717, 1.165) is 60.3 Å². The highest BCUT2D eigenvalue weighted by molar-refractivity contribution is 9.10. The van der Waals surface area contributed by atoms with E-state index >= 15 is 0 Å². The molecule has 0 aromatic heterocycles. The Balaban J connectivity index is 1.28. The van der Waals surface area contributed by atoms with Crippen LogP contribution in [0, 0.1) is 5.92 Å². The van der Waals surface area contributed by atoms with E-state index in [-0.39, 0.29) is 0 Å². The third-order valence-electron chi connectivity index (χ3n) is 5.88. The van der Waals surface area contributed by atoms with Crippen LogP contribution in [0.4, 0.5) is 0 Å². The Bertz CT molecular complexity index is 852. The average Bonchev–Trinajstić information content (AvgIpc) is 2.75. The maximum Gasteiger partial charge on any atom is 0.162 e. The summed E-state index contributed by atoms with van der Waals surface area (Å²) in [6.07, 6.45) is 4.47. The molecule has 2 heterocycles. The summed E-state index contributed by atoms with van der Waals surface area (Å²) in [5.74, 6) is 3.22. The number of piperidine rings is 1. The minimum Gasteiger partial charge on any atom is -0.497 e. The molecule has 2 aliphatic rings. The van der Waals surface area contributed by atoms with Gasteiger partial charge in [0.2, 0.25) is 0 Å². The third-order valence-corrected chi connectivity index (χ3v) is 7.00. The predicted octanol–water partition coefficient (Wildman–Crippen LogP) is 5.38. The summed E-state index contributed by atoms with van der Waals surface area (Å²) in [6.45, 7) is 4.48. The van der Waals surface area contributed by atoms with Gasteiger partial charge in [0.15, 0.2) is 11.5 Å². The number of rotatable bonds is 6. The number of fused-ring (bicyclic) bond motifs is 1. The van der Waals surface area contributed by atoms with Crippen molar-refractivity contribution in [3.63, 3.8) is 0 Å². The van der Waals surface area contributed by atoms with E-state index < -0.39 is 0 Å². The molecule has 4 rings (SSSR count). The van der Waals surface area contributed by atoms with Crippen molar-refractivity contribution in [3.05, 3.63) is 51.0 Å². The van der Waals surface area contributed by atoms with Crippen LogP contribution in [0.2, 0.25) is 5.02 Å². The molecule has 0 radical (unpaired) electrons. The number of hydrogen-bond acceptors (Lipinski definition) is 4. The van der Waals surface area contributed by atoms with Crippen LogP contribution in [-0.2, 0) is 12.8 Å². The molecule has 0 amide bonds. The highest BCUT2D eigenvalue weighted by atomic mass is 79.9. The number of benzene rings is 2. The van der Waals surface area contributed by atoms with Gasteiger partial charge in [-0.3, -0.25) is 0 Å². The summed E-state index contributed by atoms with van der Waals surface area (Å²) in [6, 6.07) is 10.2. The summed E-state index contributed by atoms with van der Waals surface area (Å²) in [5.41, 5.74) is 2.48. The van der Waals surface area contributed by atoms with Gasteiger partial charge in [0.1, 0.15) is 19.0 Å². The number of halogens is 2. The summed E-state index contributed by atoms with van der Waals surface area (Å²) < 4.78 is 17.9. The molecule has 0 spiro atoms. The van der Waals surface area contributed by atoms with Crippen molar-refractivity contribution in [2.24, 2.45) is 5.92 Å². The molecule has 0 saturated carbocycles. The summed E-state index contributed by atoms with van der Waals surface area (Å²) in [7, 11) is 1.72. The molecule has 2 aromatic rings. The van der Waals surface area contributed by atoms with Crippen LogP contribution in [0.25, 0.3) is 0 Å². The maximum absolute atomic E-state index is 6.46. The van der Waals surface area contributed by atoms with Crippen LogP contribution in [0.15, 0.2) is 34.8 Å². The fourth-order valence-corrected chi connectivity index (χ4v) is 4.79. The lowest BCUT2D eigenvalue weighted by atomic mass is 9.90. The van der Waals surface area contributed by atoms with Gasteiger partial charge in [-0.2, -0.15) is 0 Å². The van der Waals surface area contributed by atoms with Gasteiger partial charge < -0.3 is 19.1 Å². The standard InChI is InChI=1S/C23H27BrClNO3/c1-27-19-2-3-20(24)18(13-19)12-16-4-7-26(8-5-16)9-6-17-14-22-23(15-21(17)25)29-11-10-28-22/h2-3,13-16H,4-12H2,1H3. The summed E-state index contributed by atoms with van der Waals surface area (Å²) in [4.78, 5) is 2.55. The van der Waals surface area contributed by atoms with Crippen molar-refractivity contribution in [3.8, 4) is 17.2 Å². The van der Waals surface area contributed by atoms with Gasteiger partial charge in [-0.1, -0.05) is 27.5 Å². The SMILES string of the molecule is COc1ccc(Br)c(CC2CCN(CCc3cc4c(cc3Cl)OCCO4)CC2)c1. The van der Waals surface area contributed by atoms with E-state index in [9.17, 15) is 0 Å². The zero-order valence-corrected chi connectivity index (χ0v) is 19.1. The second-order valence-corrected chi connectivity index (χ2v) is 9.05. The molecule has 0 aliphatic carbocycles. The minimum absolute atomic E-state index is 0.587. The zero-order valence-electron chi connectivity index (χ0n) is 16.8. The van der Waals surface area contributed by atoms with E-state index in [4.69, 9.17) is 25.8 Å². The van der Waals surface area contributed by atoms with Gasteiger partial charge in [-0.05, 0) is 80.1 Å². The monoisotopic (exact) mass is 479 g/mol. The van der Waals surface area contributed by atoms with Gasteiger partial charge in [0.25, 0.3) is 0 Å². The molecule has 2 aromatic carbocycles. The highest BCUT2D eigenvalue weighted by Gasteiger charge is 2.21. The van der Waals surface area contributed by atoms with Crippen molar-refractivity contribution < 1.29 is 14.2 Å². The molecule has 29 heavy (non-hydrogen) atoms. The largest absolute Gasteiger partial charge is 0.497 e. The second kappa shape index (κ2) is 9.59.